The van der Waals surface area contributed by atoms with Crippen LogP contribution in [0.15, 0.2) is 48.5 Å². The number of piperidine rings is 2. The van der Waals surface area contributed by atoms with Crippen molar-refractivity contribution in [2.75, 3.05) is 50.8 Å². The Kier molecular flexibility index (Phi) is 11.9. The summed E-state index contributed by atoms with van der Waals surface area (Å²) in [6, 6.07) is 12.6. The number of carbonyl (C=O) groups is 1. The van der Waals surface area contributed by atoms with E-state index in [1.165, 1.54) is 4.90 Å². The molecule has 0 saturated carbocycles. The molecule has 0 aliphatic carbocycles. The predicted octanol–water partition coefficient (Wildman–Crippen LogP) is 2.10. The number of carboxylic acids is 1. The van der Waals surface area contributed by atoms with E-state index in [1.54, 1.807) is 18.2 Å². The second-order valence-electron chi connectivity index (χ2n) is 12.3. The summed E-state index contributed by atoms with van der Waals surface area (Å²) in [5.41, 5.74) is 1.95. The number of pyridine rings is 1. The number of carbonyl (C=O) groups excluding carboxylic acids is 1. The first-order chi connectivity index (χ1) is 22.5. The van der Waals surface area contributed by atoms with Crippen LogP contribution in [0.3, 0.4) is 0 Å². The molecule has 252 valence electrons. The minimum Gasteiger partial charge on any atom is -0.550 e. The molecular formula is C34H35F5N3NaO5. The van der Waals surface area contributed by atoms with Gasteiger partial charge < -0.3 is 29.0 Å². The summed E-state index contributed by atoms with van der Waals surface area (Å²) < 4.78 is 85.9. The third-order valence-corrected chi connectivity index (χ3v) is 9.00. The number of nitrogens with zero attached hydrogens (tertiary/aromatic N) is 3. The predicted molar refractivity (Wildman–Crippen MR) is 160 cm³/mol. The number of likely N-dealkylation sites (tertiary alicyclic amines) is 1. The number of halogens is 5. The van der Waals surface area contributed by atoms with E-state index in [2.05, 4.69) is 4.98 Å². The molecule has 0 atom stereocenters. The Morgan fingerprint density at radius 3 is 2.35 bits per heavy atom. The molecule has 2 aromatic carbocycles. The average Bonchev–Trinajstić information content (AvgIpc) is 3.02. The molecule has 1 aromatic heterocycles. The number of hydrogen-bond donors (Lipinski definition) is 0. The summed E-state index contributed by atoms with van der Waals surface area (Å²) in [4.78, 5) is 19.2. The van der Waals surface area contributed by atoms with Crippen molar-refractivity contribution in [3.63, 3.8) is 0 Å². The fourth-order valence-corrected chi connectivity index (χ4v) is 6.33. The summed E-state index contributed by atoms with van der Waals surface area (Å²) in [6.07, 6.45) is -2.46. The number of anilines is 1. The normalized spacial score (nSPS) is 18.2. The third-order valence-electron chi connectivity index (χ3n) is 9.00. The minimum absolute atomic E-state index is 0. The van der Waals surface area contributed by atoms with Crippen LogP contribution in [-0.4, -0.2) is 74.1 Å². The molecule has 3 aromatic rings. The van der Waals surface area contributed by atoms with E-state index in [-0.39, 0.29) is 65.2 Å². The van der Waals surface area contributed by atoms with Gasteiger partial charge in [0.05, 0.1) is 25.5 Å². The SMILES string of the molecule is O=C([O-])C1CCN(c2cccc(-c3cc(F)cc(F)c3OCc3ccc(C4CCN(CC(F)(F)F)CC4)cc3OC3COC3)n2)CC1.[Na+]. The van der Waals surface area contributed by atoms with E-state index in [0.717, 1.165) is 17.7 Å². The number of benzene rings is 2. The molecule has 0 N–H and O–H groups in total. The number of carboxylic acid groups (broad SMARTS) is 1. The Morgan fingerprint density at radius 2 is 1.71 bits per heavy atom. The number of hydrogen-bond acceptors (Lipinski definition) is 8. The van der Waals surface area contributed by atoms with E-state index in [9.17, 15) is 27.5 Å². The molecule has 6 rings (SSSR count). The minimum atomic E-state index is -4.23. The second kappa shape index (κ2) is 15.7. The molecule has 0 bridgehead atoms. The summed E-state index contributed by atoms with van der Waals surface area (Å²) in [6.45, 7) is 1.36. The van der Waals surface area contributed by atoms with E-state index >= 15 is 4.39 Å². The van der Waals surface area contributed by atoms with Gasteiger partial charge in [0, 0.05) is 42.2 Å². The largest absolute Gasteiger partial charge is 1.00 e. The number of aromatic nitrogens is 1. The van der Waals surface area contributed by atoms with Crippen LogP contribution in [0.25, 0.3) is 11.3 Å². The first kappa shape index (κ1) is 36.3. The van der Waals surface area contributed by atoms with Gasteiger partial charge >= 0.3 is 35.7 Å². The molecular weight excluding hydrogens is 648 g/mol. The van der Waals surface area contributed by atoms with Crippen LogP contribution in [0.2, 0.25) is 0 Å². The molecule has 3 fully saturated rings. The fourth-order valence-electron chi connectivity index (χ4n) is 6.33. The van der Waals surface area contributed by atoms with Crippen LogP contribution in [0.5, 0.6) is 11.5 Å². The van der Waals surface area contributed by atoms with Crippen LogP contribution in [-0.2, 0) is 16.1 Å². The molecule has 3 saturated heterocycles. The van der Waals surface area contributed by atoms with Crippen LogP contribution >= 0.6 is 0 Å². The summed E-state index contributed by atoms with van der Waals surface area (Å²) in [5.74, 6) is -2.37. The molecule has 8 nitrogen and oxygen atoms in total. The number of ether oxygens (including phenoxy) is 3. The topological polar surface area (TPSA) is 87.2 Å². The van der Waals surface area contributed by atoms with Crippen molar-refractivity contribution in [2.24, 2.45) is 5.92 Å². The standard InChI is InChI=1S/C34H36F5N3O5.Na/c35-25-15-27(29-2-1-3-31(40-29)42-12-8-22(9-13-42)33(43)44)32(28(36)16-25)46-17-24-5-4-23(14-30(24)47-26-18-45-19-26)21-6-10-41(11-7-21)20-34(37,38)39;/h1-5,14-16,21-22,26H,6-13,17-20H2,(H,43,44);/q;+1/p-1. The number of aliphatic carboxylic acids is 1. The molecule has 0 unspecified atom stereocenters. The number of rotatable bonds is 10. The molecule has 3 aliphatic heterocycles. The zero-order chi connectivity index (χ0) is 33.1. The van der Waals surface area contributed by atoms with Gasteiger partial charge in [-0.05, 0) is 74.5 Å². The van der Waals surface area contributed by atoms with Crippen LogP contribution in [0, 0.1) is 17.6 Å². The van der Waals surface area contributed by atoms with Crippen LogP contribution in [0.4, 0.5) is 27.8 Å². The van der Waals surface area contributed by atoms with Crippen molar-refractivity contribution in [3.8, 4) is 22.8 Å². The Morgan fingerprint density at radius 1 is 0.979 bits per heavy atom. The maximum absolute atomic E-state index is 15.3. The Bertz CT molecular complexity index is 1580. The Labute approximate surface area is 297 Å². The van der Waals surface area contributed by atoms with Crippen molar-refractivity contribution in [1.29, 1.82) is 0 Å². The average molecular weight is 684 g/mol. The van der Waals surface area contributed by atoms with Gasteiger partial charge in [0.1, 0.15) is 30.1 Å². The van der Waals surface area contributed by atoms with Gasteiger partial charge in [-0.3, -0.25) is 4.90 Å². The maximum atomic E-state index is 15.3. The van der Waals surface area contributed by atoms with Crippen molar-refractivity contribution in [3.05, 3.63) is 71.3 Å². The first-order valence-corrected chi connectivity index (χ1v) is 15.7. The van der Waals surface area contributed by atoms with E-state index < -0.39 is 36.2 Å². The molecule has 14 heteroatoms. The third kappa shape index (κ3) is 8.97. The van der Waals surface area contributed by atoms with Gasteiger partial charge in [-0.1, -0.05) is 18.2 Å². The quantitative estimate of drug-likeness (QED) is 0.238. The number of alkyl halides is 3. The zero-order valence-corrected chi connectivity index (χ0v) is 28.6. The van der Waals surface area contributed by atoms with E-state index in [0.29, 0.717) is 82.2 Å². The van der Waals surface area contributed by atoms with Gasteiger partial charge in [0.2, 0.25) is 0 Å². The summed E-state index contributed by atoms with van der Waals surface area (Å²) >= 11 is 0. The van der Waals surface area contributed by atoms with Crippen molar-refractivity contribution < 1.29 is 75.6 Å². The smallest absolute Gasteiger partial charge is 0.550 e. The molecule has 0 amide bonds. The Hall–Kier alpha value is -2.97. The second-order valence-corrected chi connectivity index (χ2v) is 12.3. The van der Waals surface area contributed by atoms with Crippen LogP contribution < -0.4 is 49.0 Å². The van der Waals surface area contributed by atoms with Crippen molar-refractivity contribution in [1.82, 2.24) is 9.88 Å². The zero-order valence-electron chi connectivity index (χ0n) is 26.6. The van der Waals surface area contributed by atoms with Gasteiger partial charge in [0.25, 0.3) is 0 Å². The summed E-state index contributed by atoms with van der Waals surface area (Å²) in [5, 5.41) is 11.3. The van der Waals surface area contributed by atoms with Gasteiger partial charge in [0.15, 0.2) is 11.6 Å². The summed E-state index contributed by atoms with van der Waals surface area (Å²) in [7, 11) is 0. The maximum Gasteiger partial charge on any atom is 1.00 e. The van der Waals surface area contributed by atoms with Crippen molar-refractivity contribution in [2.45, 2.75) is 50.5 Å². The molecule has 0 spiro atoms. The van der Waals surface area contributed by atoms with E-state index in [1.807, 2.05) is 23.1 Å². The molecule has 3 aliphatic rings. The van der Waals surface area contributed by atoms with Crippen LogP contribution in [0.1, 0.15) is 42.7 Å². The fraction of sp³-hybridized carbons (Fsp3) is 0.471. The van der Waals surface area contributed by atoms with E-state index in [4.69, 9.17) is 14.2 Å². The molecule has 4 heterocycles. The molecule has 48 heavy (non-hydrogen) atoms. The Balaban J connectivity index is 0.00000451. The molecule has 0 radical (unpaired) electrons. The van der Waals surface area contributed by atoms with Gasteiger partial charge in [-0.25, -0.2) is 13.8 Å². The monoisotopic (exact) mass is 683 g/mol. The first-order valence-electron chi connectivity index (χ1n) is 15.7. The van der Waals surface area contributed by atoms with Gasteiger partial charge in [-0.2, -0.15) is 13.2 Å². The van der Waals surface area contributed by atoms with Gasteiger partial charge in [-0.15, -0.1) is 0 Å². The van der Waals surface area contributed by atoms with Crippen molar-refractivity contribution >= 4 is 11.8 Å².